The summed E-state index contributed by atoms with van der Waals surface area (Å²) in [7, 11) is 0. The van der Waals surface area contributed by atoms with E-state index in [1.807, 2.05) is 0 Å². The van der Waals surface area contributed by atoms with Gasteiger partial charge in [-0.1, -0.05) is 0 Å². The largest absolute Gasteiger partial charge is 0.390 e. The maximum Gasteiger partial charge on any atom is 0.112 e. The zero-order valence-electron chi connectivity index (χ0n) is 7.30. The molecule has 0 amide bonds. The molecule has 72 valence electrons. The molecule has 2 atom stereocenters. The van der Waals surface area contributed by atoms with Crippen molar-refractivity contribution in [2.24, 2.45) is 0 Å². The SMILES string of the molecule is OC1CCCC1(O)Cn1nccn1. The van der Waals surface area contributed by atoms with Crippen LogP contribution in [0.2, 0.25) is 0 Å². The predicted octanol–water partition coefficient (Wildman–Crippen LogP) is -0.446. The molecule has 0 aliphatic heterocycles. The van der Waals surface area contributed by atoms with Crippen LogP contribution in [-0.2, 0) is 6.54 Å². The Kier molecular flexibility index (Phi) is 2.05. The quantitative estimate of drug-likeness (QED) is 0.651. The van der Waals surface area contributed by atoms with Crippen LogP contribution in [0.1, 0.15) is 19.3 Å². The monoisotopic (exact) mass is 183 g/mol. The maximum absolute atomic E-state index is 9.98. The minimum Gasteiger partial charge on any atom is -0.390 e. The predicted molar refractivity (Wildman–Crippen MR) is 44.8 cm³/mol. The summed E-state index contributed by atoms with van der Waals surface area (Å²) in [5.74, 6) is 0. The van der Waals surface area contributed by atoms with Gasteiger partial charge in [0.05, 0.1) is 25.0 Å². The van der Waals surface area contributed by atoms with Crippen LogP contribution in [0.4, 0.5) is 0 Å². The molecule has 1 saturated carbocycles. The molecule has 0 radical (unpaired) electrons. The fraction of sp³-hybridized carbons (Fsp3) is 0.750. The van der Waals surface area contributed by atoms with Gasteiger partial charge in [0.15, 0.2) is 0 Å². The first-order valence-electron chi connectivity index (χ1n) is 4.45. The lowest BCUT2D eigenvalue weighted by atomic mass is 10.0. The van der Waals surface area contributed by atoms with E-state index < -0.39 is 11.7 Å². The topological polar surface area (TPSA) is 71.2 Å². The summed E-state index contributed by atoms with van der Waals surface area (Å²) in [4.78, 5) is 1.41. The summed E-state index contributed by atoms with van der Waals surface area (Å²) in [5, 5.41) is 27.3. The molecular weight excluding hydrogens is 170 g/mol. The Labute approximate surface area is 76.0 Å². The maximum atomic E-state index is 9.98. The molecule has 1 fully saturated rings. The molecule has 2 rings (SSSR count). The molecule has 13 heavy (non-hydrogen) atoms. The standard InChI is InChI=1S/C8H13N3O2/c12-7-2-1-3-8(7,13)6-11-9-4-5-10-11/h4-5,7,12-13H,1-3,6H2. The van der Waals surface area contributed by atoms with Crippen molar-refractivity contribution in [2.45, 2.75) is 37.5 Å². The van der Waals surface area contributed by atoms with Gasteiger partial charge < -0.3 is 10.2 Å². The lowest BCUT2D eigenvalue weighted by molar-refractivity contribution is -0.0684. The minimum atomic E-state index is -1.03. The third-order valence-corrected chi connectivity index (χ3v) is 2.59. The zero-order valence-corrected chi connectivity index (χ0v) is 7.30. The summed E-state index contributed by atoms with van der Waals surface area (Å²) in [6, 6.07) is 0. The van der Waals surface area contributed by atoms with Crippen molar-refractivity contribution in [2.75, 3.05) is 0 Å². The van der Waals surface area contributed by atoms with Crippen molar-refractivity contribution in [1.82, 2.24) is 15.0 Å². The molecule has 2 unspecified atom stereocenters. The number of hydrogen-bond acceptors (Lipinski definition) is 4. The second-order valence-corrected chi connectivity index (χ2v) is 3.57. The molecule has 5 nitrogen and oxygen atoms in total. The molecule has 1 aromatic rings. The first-order chi connectivity index (χ1) is 6.21. The van der Waals surface area contributed by atoms with Crippen LogP contribution < -0.4 is 0 Å². The van der Waals surface area contributed by atoms with Gasteiger partial charge >= 0.3 is 0 Å². The number of nitrogens with zero attached hydrogens (tertiary/aromatic N) is 3. The summed E-state index contributed by atoms with van der Waals surface area (Å²) < 4.78 is 0. The molecule has 1 aromatic heterocycles. The van der Waals surface area contributed by atoms with E-state index >= 15 is 0 Å². The van der Waals surface area contributed by atoms with E-state index in [1.54, 1.807) is 12.4 Å². The summed E-state index contributed by atoms with van der Waals surface area (Å²) in [6.45, 7) is 0.279. The zero-order chi connectivity index (χ0) is 9.31. The lowest BCUT2D eigenvalue weighted by Gasteiger charge is -2.25. The molecule has 0 spiro atoms. The van der Waals surface area contributed by atoms with Crippen molar-refractivity contribution in [3.63, 3.8) is 0 Å². The van der Waals surface area contributed by atoms with Crippen molar-refractivity contribution >= 4 is 0 Å². The Hall–Kier alpha value is -0.940. The third-order valence-electron chi connectivity index (χ3n) is 2.59. The van der Waals surface area contributed by atoms with Crippen molar-refractivity contribution in [3.05, 3.63) is 12.4 Å². The van der Waals surface area contributed by atoms with Crippen LogP contribution in [0, 0.1) is 0 Å². The van der Waals surface area contributed by atoms with Gasteiger partial charge in [-0.3, -0.25) is 0 Å². The Morgan fingerprint density at radius 2 is 2.15 bits per heavy atom. The van der Waals surface area contributed by atoms with Gasteiger partial charge in [0.2, 0.25) is 0 Å². The van der Waals surface area contributed by atoms with Crippen molar-refractivity contribution in [1.29, 1.82) is 0 Å². The van der Waals surface area contributed by atoms with Crippen molar-refractivity contribution in [3.8, 4) is 0 Å². The molecule has 1 aliphatic carbocycles. The van der Waals surface area contributed by atoms with Gasteiger partial charge in [0.1, 0.15) is 5.60 Å². The smallest absolute Gasteiger partial charge is 0.112 e. The van der Waals surface area contributed by atoms with Gasteiger partial charge in [-0.05, 0) is 19.3 Å². The molecule has 1 heterocycles. The van der Waals surface area contributed by atoms with Crippen LogP contribution in [0.5, 0.6) is 0 Å². The molecule has 1 aliphatic rings. The van der Waals surface area contributed by atoms with Crippen LogP contribution >= 0.6 is 0 Å². The molecule has 2 N–H and O–H groups in total. The third kappa shape index (κ3) is 1.57. The van der Waals surface area contributed by atoms with E-state index in [1.165, 1.54) is 4.80 Å². The Morgan fingerprint density at radius 1 is 1.46 bits per heavy atom. The van der Waals surface area contributed by atoms with Crippen LogP contribution in [0.3, 0.4) is 0 Å². The number of hydrogen-bond donors (Lipinski definition) is 2. The fourth-order valence-corrected chi connectivity index (χ4v) is 1.79. The van der Waals surface area contributed by atoms with Crippen LogP contribution in [-0.4, -0.2) is 36.9 Å². The number of aliphatic hydroxyl groups is 2. The average Bonchev–Trinajstić information content (AvgIpc) is 2.65. The van der Waals surface area contributed by atoms with Gasteiger partial charge in [0, 0.05) is 0 Å². The summed E-state index contributed by atoms with van der Waals surface area (Å²) in [5.41, 5.74) is -1.03. The fourth-order valence-electron chi connectivity index (χ4n) is 1.79. The van der Waals surface area contributed by atoms with Gasteiger partial charge in [0.25, 0.3) is 0 Å². The summed E-state index contributed by atoms with van der Waals surface area (Å²) in [6.07, 6.45) is 4.63. The summed E-state index contributed by atoms with van der Waals surface area (Å²) >= 11 is 0. The van der Waals surface area contributed by atoms with Crippen LogP contribution in [0.15, 0.2) is 12.4 Å². The van der Waals surface area contributed by atoms with Crippen molar-refractivity contribution < 1.29 is 10.2 Å². The van der Waals surface area contributed by atoms with E-state index in [4.69, 9.17) is 0 Å². The first kappa shape index (κ1) is 8.65. The molecule has 0 aromatic carbocycles. The van der Waals surface area contributed by atoms with E-state index in [0.29, 0.717) is 12.8 Å². The van der Waals surface area contributed by atoms with E-state index in [0.717, 1.165) is 6.42 Å². The Bertz CT molecular complexity index is 275. The molecule has 0 saturated heterocycles. The Balaban J connectivity index is 2.08. The number of aromatic nitrogens is 3. The highest BCUT2D eigenvalue weighted by atomic mass is 16.3. The molecule has 5 heteroatoms. The van der Waals surface area contributed by atoms with E-state index in [2.05, 4.69) is 10.2 Å². The van der Waals surface area contributed by atoms with Gasteiger partial charge in [-0.25, -0.2) is 0 Å². The van der Waals surface area contributed by atoms with E-state index in [-0.39, 0.29) is 6.54 Å². The highest BCUT2D eigenvalue weighted by molar-refractivity contribution is 4.91. The normalized spacial score (nSPS) is 33.8. The number of rotatable bonds is 2. The minimum absolute atomic E-state index is 0.279. The Morgan fingerprint density at radius 3 is 2.69 bits per heavy atom. The molecular formula is C8H13N3O2. The first-order valence-corrected chi connectivity index (χ1v) is 4.45. The second-order valence-electron chi connectivity index (χ2n) is 3.57. The highest BCUT2D eigenvalue weighted by Crippen LogP contribution is 2.30. The van der Waals surface area contributed by atoms with Gasteiger partial charge in [-0.15, -0.1) is 0 Å². The highest BCUT2D eigenvalue weighted by Gasteiger charge is 2.40. The van der Waals surface area contributed by atoms with Crippen LogP contribution in [0.25, 0.3) is 0 Å². The second kappa shape index (κ2) is 3.08. The number of aliphatic hydroxyl groups excluding tert-OH is 1. The molecule has 0 bridgehead atoms. The lowest BCUT2D eigenvalue weighted by Crippen LogP contribution is -2.42. The average molecular weight is 183 g/mol. The van der Waals surface area contributed by atoms with Gasteiger partial charge in [-0.2, -0.15) is 15.0 Å². The van der Waals surface area contributed by atoms with E-state index in [9.17, 15) is 10.2 Å².